The molecule has 1 atom stereocenters. The zero-order valence-electron chi connectivity index (χ0n) is 10.3. The fourth-order valence-corrected chi connectivity index (χ4v) is 2.68. The van der Waals surface area contributed by atoms with Gasteiger partial charge in [0.05, 0.1) is 6.42 Å². The van der Waals surface area contributed by atoms with E-state index >= 15 is 0 Å². The molecule has 5 heteroatoms. The average molecular weight is 268 g/mol. The van der Waals surface area contributed by atoms with Crippen LogP contribution in [0.25, 0.3) is 0 Å². The van der Waals surface area contributed by atoms with Crippen LogP contribution < -0.4 is 0 Å². The summed E-state index contributed by atoms with van der Waals surface area (Å²) in [5, 5.41) is 16.7. The van der Waals surface area contributed by atoms with Crippen LogP contribution in [0.5, 0.6) is 0 Å². The summed E-state index contributed by atoms with van der Waals surface area (Å²) in [5.41, 5.74) is 3.30. The van der Waals surface area contributed by atoms with Gasteiger partial charge in [0.15, 0.2) is 0 Å². The van der Waals surface area contributed by atoms with Crippen molar-refractivity contribution in [3.63, 3.8) is 0 Å². The van der Waals surface area contributed by atoms with Crippen molar-refractivity contribution in [1.29, 1.82) is 0 Å². The molecule has 0 aromatic heterocycles. The van der Waals surface area contributed by atoms with Crippen LogP contribution in [0.3, 0.4) is 0 Å². The Labute approximate surface area is 110 Å². The number of carboxylic acids is 2. The Balaban J connectivity index is 2.66. The van der Waals surface area contributed by atoms with Crippen molar-refractivity contribution in [2.24, 2.45) is 0 Å². The third kappa shape index (κ3) is 4.41. The first-order valence-electron chi connectivity index (χ1n) is 5.52. The topological polar surface area (TPSA) is 74.6 Å². The second-order valence-electron chi connectivity index (χ2n) is 4.17. The molecule has 0 aliphatic rings. The highest BCUT2D eigenvalue weighted by Crippen LogP contribution is 2.23. The summed E-state index contributed by atoms with van der Waals surface area (Å²) in [5.74, 6) is -1.65. The smallest absolute Gasteiger partial charge is 0.317 e. The lowest BCUT2D eigenvalue weighted by Gasteiger charge is -2.11. The fraction of sp³-hybridized carbons (Fsp3) is 0.385. The van der Waals surface area contributed by atoms with Gasteiger partial charge in [-0.1, -0.05) is 23.8 Å². The molecule has 1 aromatic rings. The van der Waals surface area contributed by atoms with Crippen LogP contribution in [0.2, 0.25) is 0 Å². The van der Waals surface area contributed by atoms with Crippen LogP contribution in [0.4, 0.5) is 0 Å². The van der Waals surface area contributed by atoms with Gasteiger partial charge in [-0.3, -0.25) is 9.59 Å². The molecule has 0 aliphatic carbocycles. The van der Waals surface area contributed by atoms with Gasteiger partial charge in [0.1, 0.15) is 5.25 Å². The monoisotopic (exact) mass is 268 g/mol. The molecule has 0 saturated heterocycles. The summed E-state index contributed by atoms with van der Waals surface area (Å²) >= 11 is 1.15. The molecule has 98 valence electrons. The quantitative estimate of drug-likeness (QED) is 0.829. The lowest BCUT2D eigenvalue weighted by molar-refractivity contribution is -0.142. The van der Waals surface area contributed by atoms with Crippen LogP contribution in [-0.2, 0) is 15.3 Å². The van der Waals surface area contributed by atoms with Gasteiger partial charge < -0.3 is 10.2 Å². The summed E-state index contributed by atoms with van der Waals surface area (Å²) in [4.78, 5) is 21.5. The highest BCUT2D eigenvalue weighted by atomic mass is 32.2. The minimum atomic E-state index is -1.09. The van der Waals surface area contributed by atoms with E-state index in [9.17, 15) is 9.59 Å². The van der Waals surface area contributed by atoms with Gasteiger partial charge in [-0.05, 0) is 25.0 Å². The Bertz CT molecular complexity index is 456. The van der Waals surface area contributed by atoms with Crippen LogP contribution in [0.1, 0.15) is 23.1 Å². The van der Waals surface area contributed by atoms with E-state index in [1.54, 1.807) is 0 Å². The normalized spacial score (nSPS) is 12.1. The first-order valence-corrected chi connectivity index (χ1v) is 6.57. The lowest BCUT2D eigenvalue weighted by atomic mass is 10.1. The molecule has 0 aliphatic heterocycles. The molecule has 4 nitrogen and oxygen atoms in total. The first kappa shape index (κ1) is 14.6. The average Bonchev–Trinajstić information content (AvgIpc) is 2.25. The second-order valence-corrected chi connectivity index (χ2v) is 5.36. The molecular weight excluding hydrogens is 252 g/mol. The molecular formula is C13H16O4S. The van der Waals surface area contributed by atoms with Gasteiger partial charge in [0.25, 0.3) is 0 Å². The van der Waals surface area contributed by atoms with Crippen molar-refractivity contribution in [1.82, 2.24) is 0 Å². The lowest BCUT2D eigenvalue weighted by Crippen LogP contribution is -2.20. The van der Waals surface area contributed by atoms with Crippen LogP contribution in [-0.4, -0.2) is 27.4 Å². The number of hydrogen-bond donors (Lipinski definition) is 2. The molecule has 0 bridgehead atoms. The fourth-order valence-electron chi connectivity index (χ4n) is 1.57. The van der Waals surface area contributed by atoms with Gasteiger partial charge in [-0.15, -0.1) is 11.8 Å². The first-order chi connectivity index (χ1) is 8.40. The van der Waals surface area contributed by atoms with E-state index in [0.29, 0.717) is 5.75 Å². The maximum absolute atomic E-state index is 10.9. The summed E-state index contributed by atoms with van der Waals surface area (Å²) in [6, 6.07) is 5.95. The third-order valence-electron chi connectivity index (χ3n) is 2.57. The number of carboxylic acid groups (broad SMARTS) is 2. The highest BCUT2D eigenvalue weighted by Gasteiger charge is 2.21. The van der Waals surface area contributed by atoms with Gasteiger partial charge >= 0.3 is 11.9 Å². The Morgan fingerprint density at radius 2 is 1.94 bits per heavy atom. The number of benzene rings is 1. The molecule has 0 amide bonds. The number of carbonyl (C=O) groups is 2. The molecule has 0 radical (unpaired) electrons. The molecule has 1 rings (SSSR count). The zero-order valence-corrected chi connectivity index (χ0v) is 11.2. The maximum Gasteiger partial charge on any atom is 0.317 e. The maximum atomic E-state index is 10.9. The third-order valence-corrected chi connectivity index (χ3v) is 3.82. The van der Waals surface area contributed by atoms with E-state index in [1.807, 2.05) is 32.0 Å². The Kier molecular flexibility index (Phi) is 5.22. The highest BCUT2D eigenvalue weighted by molar-refractivity contribution is 7.99. The predicted molar refractivity (Wildman–Crippen MR) is 70.9 cm³/mol. The largest absolute Gasteiger partial charge is 0.481 e. The van der Waals surface area contributed by atoms with E-state index in [2.05, 4.69) is 0 Å². The number of aryl methyl sites for hydroxylation is 2. The summed E-state index contributed by atoms with van der Waals surface area (Å²) in [6.45, 7) is 3.96. The van der Waals surface area contributed by atoms with Crippen molar-refractivity contribution in [3.8, 4) is 0 Å². The predicted octanol–water partition coefficient (Wildman–Crippen LogP) is 2.46. The molecule has 2 N–H and O–H groups in total. The summed E-state index contributed by atoms with van der Waals surface area (Å²) < 4.78 is 0. The number of aliphatic carboxylic acids is 2. The molecule has 1 aromatic carbocycles. The van der Waals surface area contributed by atoms with Crippen LogP contribution >= 0.6 is 11.8 Å². The minimum absolute atomic E-state index is 0.356. The number of hydrogen-bond acceptors (Lipinski definition) is 3. The molecule has 0 fully saturated rings. The van der Waals surface area contributed by atoms with Crippen molar-refractivity contribution in [2.75, 3.05) is 0 Å². The van der Waals surface area contributed by atoms with E-state index in [-0.39, 0.29) is 6.42 Å². The van der Waals surface area contributed by atoms with Crippen molar-refractivity contribution in [2.45, 2.75) is 31.3 Å². The summed E-state index contributed by atoms with van der Waals surface area (Å²) in [6.07, 6.45) is -0.356. The van der Waals surface area contributed by atoms with E-state index in [1.165, 1.54) is 0 Å². The van der Waals surface area contributed by atoms with Crippen LogP contribution in [0, 0.1) is 13.8 Å². The number of rotatable bonds is 6. The van der Waals surface area contributed by atoms with E-state index < -0.39 is 17.2 Å². The molecule has 0 saturated carbocycles. The van der Waals surface area contributed by atoms with Gasteiger partial charge in [0.2, 0.25) is 0 Å². The Hall–Kier alpha value is -1.49. The van der Waals surface area contributed by atoms with E-state index in [4.69, 9.17) is 10.2 Å². The van der Waals surface area contributed by atoms with Crippen molar-refractivity contribution >= 4 is 23.7 Å². The summed E-state index contributed by atoms with van der Waals surface area (Å²) in [7, 11) is 0. The van der Waals surface area contributed by atoms with Gasteiger partial charge in [0, 0.05) is 5.75 Å². The Morgan fingerprint density at radius 1 is 1.28 bits per heavy atom. The standard InChI is InChI=1S/C13H16O4S/c1-8-3-4-10(9(2)5-8)7-18-11(13(16)17)6-12(14)15/h3-5,11H,6-7H2,1-2H3,(H,14,15)(H,16,17)/t11-/m0/s1. The number of thioether (sulfide) groups is 1. The molecule has 0 unspecified atom stereocenters. The Morgan fingerprint density at radius 3 is 2.44 bits per heavy atom. The second kappa shape index (κ2) is 6.44. The molecule has 18 heavy (non-hydrogen) atoms. The molecule has 0 spiro atoms. The van der Waals surface area contributed by atoms with Gasteiger partial charge in [-0.2, -0.15) is 0 Å². The van der Waals surface area contributed by atoms with Gasteiger partial charge in [-0.25, -0.2) is 0 Å². The van der Waals surface area contributed by atoms with Crippen molar-refractivity contribution in [3.05, 3.63) is 34.9 Å². The van der Waals surface area contributed by atoms with E-state index in [0.717, 1.165) is 28.5 Å². The SMILES string of the molecule is Cc1ccc(CS[C@@H](CC(=O)O)C(=O)O)c(C)c1. The van der Waals surface area contributed by atoms with Crippen molar-refractivity contribution < 1.29 is 19.8 Å². The zero-order chi connectivity index (χ0) is 13.7. The van der Waals surface area contributed by atoms with Crippen LogP contribution in [0.15, 0.2) is 18.2 Å². The molecule has 0 heterocycles. The minimum Gasteiger partial charge on any atom is -0.481 e.